The third-order valence-electron chi connectivity index (χ3n) is 3.49. The van der Waals surface area contributed by atoms with Crippen molar-refractivity contribution < 1.29 is 18.7 Å². The number of pyridine rings is 1. The molecule has 1 aromatic heterocycles. The molecule has 0 spiro atoms. The molecular formula is C20H16FNO3. The maximum atomic E-state index is 13.5. The second-order valence-electron chi connectivity index (χ2n) is 5.25. The Morgan fingerprint density at radius 2 is 1.68 bits per heavy atom. The molecule has 0 bridgehead atoms. The SMILES string of the molecule is O=C(COc1ccccc1F)OC(c1ccccc1)c1ccccn1. The molecule has 0 saturated heterocycles. The van der Waals surface area contributed by atoms with Gasteiger partial charge in [0.15, 0.2) is 24.3 Å². The third-order valence-corrected chi connectivity index (χ3v) is 3.49. The Balaban J connectivity index is 1.72. The molecule has 4 nitrogen and oxygen atoms in total. The summed E-state index contributed by atoms with van der Waals surface area (Å²) in [6, 6.07) is 20.6. The third kappa shape index (κ3) is 4.41. The van der Waals surface area contributed by atoms with Gasteiger partial charge in [-0.2, -0.15) is 0 Å². The zero-order chi connectivity index (χ0) is 17.5. The molecule has 0 aliphatic rings. The van der Waals surface area contributed by atoms with E-state index in [4.69, 9.17) is 9.47 Å². The van der Waals surface area contributed by atoms with E-state index in [1.807, 2.05) is 36.4 Å². The quantitative estimate of drug-likeness (QED) is 0.640. The number of halogens is 1. The van der Waals surface area contributed by atoms with Gasteiger partial charge < -0.3 is 9.47 Å². The fourth-order valence-corrected chi connectivity index (χ4v) is 2.32. The van der Waals surface area contributed by atoms with Crippen molar-refractivity contribution in [1.29, 1.82) is 0 Å². The summed E-state index contributed by atoms with van der Waals surface area (Å²) in [7, 11) is 0. The van der Waals surface area contributed by atoms with Crippen molar-refractivity contribution in [2.45, 2.75) is 6.10 Å². The molecule has 126 valence electrons. The lowest BCUT2D eigenvalue weighted by Gasteiger charge is -2.18. The number of para-hydroxylation sites is 1. The Morgan fingerprint density at radius 1 is 0.960 bits per heavy atom. The molecule has 5 heteroatoms. The molecule has 1 unspecified atom stereocenters. The predicted molar refractivity (Wildman–Crippen MR) is 90.5 cm³/mol. The van der Waals surface area contributed by atoms with Crippen molar-refractivity contribution in [2.24, 2.45) is 0 Å². The lowest BCUT2D eigenvalue weighted by atomic mass is 10.1. The van der Waals surface area contributed by atoms with Crippen LogP contribution in [0.15, 0.2) is 79.0 Å². The van der Waals surface area contributed by atoms with E-state index in [-0.39, 0.29) is 5.75 Å². The molecule has 0 aliphatic heterocycles. The highest BCUT2D eigenvalue weighted by molar-refractivity contribution is 5.71. The molecule has 0 amide bonds. The second kappa shape index (κ2) is 8.06. The summed E-state index contributed by atoms with van der Waals surface area (Å²) in [5.74, 6) is -1.13. The summed E-state index contributed by atoms with van der Waals surface area (Å²) >= 11 is 0. The van der Waals surface area contributed by atoms with Crippen LogP contribution in [0.5, 0.6) is 5.75 Å². The Morgan fingerprint density at radius 3 is 2.40 bits per heavy atom. The first-order valence-electron chi connectivity index (χ1n) is 7.77. The molecular weight excluding hydrogens is 321 g/mol. The molecule has 0 saturated carbocycles. The minimum Gasteiger partial charge on any atom is -0.479 e. The zero-order valence-corrected chi connectivity index (χ0v) is 13.3. The van der Waals surface area contributed by atoms with Crippen LogP contribution in [0.2, 0.25) is 0 Å². The number of benzene rings is 2. The first kappa shape index (κ1) is 16.6. The van der Waals surface area contributed by atoms with Gasteiger partial charge in [-0.1, -0.05) is 48.5 Å². The van der Waals surface area contributed by atoms with Crippen LogP contribution >= 0.6 is 0 Å². The van der Waals surface area contributed by atoms with E-state index in [0.717, 1.165) is 5.56 Å². The number of esters is 1. The van der Waals surface area contributed by atoms with E-state index in [0.29, 0.717) is 5.69 Å². The average Bonchev–Trinajstić information content (AvgIpc) is 2.67. The van der Waals surface area contributed by atoms with Crippen LogP contribution in [0.1, 0.15) is 17.4 Å². The number of ether oxygens (including phenoxy) is 2. The molecule has 3 aromatic rings. The number of carbonyl (C=O) groups is 1. The predicted octanol–water partition coefficient (Wildman–Crippen LogP) is 3.93. The lowest BCUT2D eigenvalue weighted by Crippen LogP contribution is -2.19. The van der Waals surface area contributed by atoms with Gasteiger partial charge in [-0.25, -0.2) is 9.18 Å². The summed E-state index contributed by atoms with van der Waals surface area (Å²) in [6.07, 6.45) is 0.980. The normalized spacial score (nSPS) is 11.6. The number of hydrogen-bond donors (Lipinski definition) is 0. The van der Waals surface area contributed by atoms with Gasteiger partial charge in [-0.3, -0.25) is 4.98 Å². The summed E-state index contributed by atoms with van der Waals surface area (Å²) < 4.78 is 24.3. The van der Waals surface area contributed by atoms with Gasteiger partial charge in [0.05, 0.1) is 5.69 Å². The lowest BCUT2D eigenvalue weighted by molar-refractivity contribution is -0.150. The van der Waals surface area contributed by atoms with Crippen LogP contribution in [0.3, 0.4) is 0 Å². The van der Waals surface area contributed by atoms with Crippen molar-refractivity contribution >= 4 is 5.97 Å². The van der Waals surface area contributed by atoms with Gasteiger partial charge >= 0.3 is 5.97 Å². The molecule has 1 heterocycles. The maximum absolute atomic E-state index is 13.5. The minimum atomic E-state index is -0.654. The smallest absolute Gasteiger partial charge is 0.345 e. The summed E-state index contributed by atoms with van der Waals surface area (Å²) in [6.45, 7) is -0.392. The Bertz CT molecular complexity index is 785. The Labute approximate surface area is 144 Å². The number of aromatic nitrogens is 1. The average molecular weight is 337 g/mol. The highest BCUT2D eigenvalue weighted by atomic mass is 19.1. The van der Waals surface area contributed by atoms with Gasteiger partial charge in [0.1, 0.15) is 0 Å². The number of nitrogens with zero attached hydrogens (tertiary/aromatic N) is 1. The van der Waals surface area contributed by atoms with Gasteiger partial charge in [0.25, 0.3) is 0 Å². The van der Waals surface area contributed by atoms with Crippen molar-refractivity contribution in [3.63, 3.8) is 0 Å². The molecule has 0 radical (unpaired) electrons. The molecule has 2 aromatic carbocycles. The summed E-state index contributed by atoms with van der Waals surface area (Å²) in [4.78, 5) is 16.5. The highest BCUT2D eigenvalue weighted by Crippen LogP contribution is 2.24. The maximum Gasteiger partial charge on any atom is 0.345 e. The van der Waals surface area contributed by atoms with E-state index in [2.05, 4.69) is 4.98 Å². The van der Waals surface area contributed by atoms with Crippen LogP contribution in [-0.2, 0) is 9.53 Å². The van der Waals surface area contributed by atoms with Crippen LogP contribution in [0.25, 0.3) is 0 Å². The van der Waals surface area contributed by atoms with Crippen molar-refractivity contribution in [2.75, 3.05) is 6.61 Å². The molecule has 1 atom stereocenters. The Kier molecular flexibility index (Phi) is 5.36. The highest BCUT2D eigenvalue weighted by Gasteiger charge is 2.20. The van der Waals surface area contributed by atoms with Crippen LogP contribution < -0.4 is 4.74 Å². The molecule has 0 N–H and O–H groups in total. The second-order valence-corrected chi connectivity index (χ2v) is 5.25. The molecule has 3 rings (SSSR count). The standard InChI is InChI=1S/C20H16FNO3/c21-16-10-4-5-12-18(16)24-14-19(23)25-20(15-8-2-1-3-9-15)17-11-6-7-13-22-17/h1-13,20H,14H2. The first-order valence-corrected chi connectivity index (χ1v) is 7.77. The number of carbonyl (C=O) groups excluding carboxylic acids is 1. The summed E-state index contributed by atoms with van der Waals surface area (Å²) in [5, 5.41) is 0. The van der Waals surface area contributed by atoms with Crippen molar-refractivity contribution in [3.05, 3.63) is 96.1 Å². The van der Waals surface area contributed by atoms with Gasteiger partial charge in [-0.05, 0) is 29.8 Å². The van der Waals surface area contributed by atoms with Gasteiger partial charge in [0, 0.05) is 6.20 Å². The molecule has 0 fully saturated rings. The van der Waals surface area contributed by atoms with E-state index in [1.54, 1.807) is 30.5 Å². The molecule has 0 aliphatic carbocycles. The fraction of sp³-hybridized carbons (Fsp3) is 0.100. The minimum absolute atomic E-state index is 0.00791. The zero-order valence-electron chi connectivity index (χ0n) is 13.3. The topological polar surface area (TPSA) is 48.4 Å². The number of hydrogen-bond acceptors (Lipinski definition) is 4. The largest absolute Gasteiger partial charge is 0.479 e. The monoisotopic (exact) mass is 337 g/mol. The van der Waals surface area contributed by atoms with Crippen LogP contribution in [0.4, 0.5) is 4.39 Å². The summed E-state index contributed by atoms with van der Waals surface area (Å²) in [5.41, 5.74) is 1.40. The van der Waals surface area contributed by atoms with Gasteiger partial charge in [0.2, 0.25) is 0 Å². The first-order chi connectivity index (χ1) is 12.2. The van der Waals surface area contributed by atoms with Gasteiger partial charge in [-0.15, -0.1) is 0 Å². The van der Waals surface area contributed by atoms with Crippen molar-refractivity contribution in [1.82, 2.24) is 4.98 Å². The van der Waals surface area contributed by atoms with Crippen LogP contribution in [-0.4, -0.2) is 17.6 Å². The van der Waals surface area contributed by atoms with E-state index in [9.17, 15) is 9.18 Å². The van der Waals surface area contributed by atoms with Crippen LogP contribution in [0, 0.1) is 5.82 Å². The van der Waals surface area contributed by atoms with E-state index in [1.165, 1.54) is 12.1 Å². The van der Waals surface area contributed by atoms with Crippen molar-refractivity contribution in [3.8, 4) is 5.75 Å². The molecule has 25 heavy (non-hydrogen) atoms. The van der Waals surface area contributed by atoms with E-state index >= 15 is 0 Å². The van der Waals surface area contributed by atoms with E-state index < -0.39 is 24.5 Å². The Hall–Kier alpha value is -3.21. The number of rotatable bonds is 6. The fourth-order valence-electron chi connectivity index (χ4n) is 2.32.